The van der Waals surface area contributed by atoms with Crippen molar-refractivity contribution in [3.63, 3.8) is 0 Å². The minimum Gasteiger partial charge on any atom is -0.492 e. The second-order valence-electron chi connectivity index (χ2n) is 2.97. The Balaban J connectivity index is 3.10. The van der Waals surface area contributed by atoms with E-state index in [0.717, 1.165) is 0 Å². The Morgan fingerprint density at radius 3 is 2.38 bits per heavy atom. The Morgan fingerprint density at radius 1 is 1.25 bits per heavy atom. The fourth-order valence-corrected chi connectivity index (χ4v) is 1.89. The zero-order valence-electron chi connectivity index (χ0n) is 8.31. The Kier molecular flexibility index (Phi) is 5.09. The van der Waals surface area contributed by atoms with Gasteiger partial charge in [-0.1, -0.05) is 23.2 Å². The molecule has 0 saturated carbocycles. The van der Waals surface area contributed by atoms with Crippen molar-refractivity contribution in [3.05, 3.63) is 27.7 Å². The largest absolute Gasteiger partial charge is 0.492 e. The summed E-state index contributed by atoms with van der Waals surface area (Å²) in [6.45, 7) is 2.19. The molecule has 0 fully saturated rings. The fraction of sp³-hybridized carbons (Fsp3) is 0.400. The van der Waals surface area contributed by atoms with Gasteiger partial charge in [-0.3, -0.25) is 0 Å². The smallest absolute Gasteiger partial charge is 0.258 e. The van der Waals surface area contributed by atoms with Gasteiger partial charge in [0.2, 0.25) is 0 Å². The Morgan fingerprint density at radius 2 is 1.88 bits per heavy atom. The van der Waals surface area contributed by atoms with Crippen LogP contribution in [0.4, 0.5) is 8.78 Å². The normalized spacial score (nSPS) is 12.9. The van der Waals surface area contributed by atoms with Gasteiger partial charge in [0.25, 0.3) is 6.43 Å². The first-order chi connectivity index (χ1) is 7.47. The highest BCUT2D eigenvalue weighted by molar-refractivity contribution is 6.35. The van der Waals surface area contributed by atoms with Crippen LogP contribution >= 0.6 is 34.8 Å². The third-order valence-electron chi connectivity index (χ3n) is 1.87. The minimum atomic E-state index is -2.70. The van der Waals surface area contributed by atoms with E-state index in [-0.39, 0.29) is 15.6 Å². The molecule has 0 N–H and O–H groups in total. The van der Waals surface area contributed by atoms with Crippen molar-refractivity contribution in [2.24, 2.45) is 0 Å². The minimum absolute atomic E-state index is 0.104. The third-order valence-corrected chi connectivity index (χ3v) is 2.92. The SMILES string of the molecule is CCOc1cc(Cl)c(C(Cl)C(F)F)cc1Cl. The first-order valence-electron chi connectivity index (χ1n) is 4.51. The van der Waals surface area contributed by atoms with Crippen molar-refractivity contribution >= 4 is 34.8 Å². The molecule has 1 rings (SSSR count). The first kappa shape index (κ1) is 13.8. The molecule has 0 radical (unpaired) electrons. The highest BCUT2D eigenvalue weighted by Gasteiger charge is 2.23. The van der Waals surface area contributed by atoms with Crippen LogP contribution in [0.25, 0.3) is 0 Å². The van der Waals surface area contributed by atoms with E-state index in [9.17, 15) is 8.78 Å². The van der Waals surface area contributed by atoms with E-state index in [1.165, 1.54) is 12.1 Å². The van der Waals surface area contributed by atoms with Crippen LogP contribution in [0.3, 0.4) is 0 Å². The van der Waals surface area contributed by atoms with Crippen molar-refractivity contribution in [1.82, 2.24) is 0 Å². The molecule has 1 aromatic rings. The fourth-order valence-electron chi connectivity index (χ4n) is 1.16. The van der Waals surface area contributed by atoms with E-state index < -0.39 is 11.8 Å². The lowest BCUT2D eigenvalue weighted by atomic mass is 10.1. The number of hydrogen-bond acceptors (Lipinski definition) is 1. The summed E-state index contributed by atoms with van der Waals surface area (Å²) in [5, 5.41) is -1.14. The molecule has 1 aromatic carbocycles. The van der Waals surface area contributed by atoms with Gasteiger partial charge in [0.15, 0.2) is 0 Å². The van der Waals surface area contributed by atoms with Crippen LogP contribution in [0.1, 0.15) is 17.9 Å². The molecule has 1 atom stereocenters. The quantitative estimate of drug-likeness (QED) is 0.714. The van der Waals surface area contributed by atoms with Gasteiger partial charge in [0.1, 0.15) is 11.1 Å². The topological polar surface area (TPSA) is 9.23 Å². The van der Waals surface area contributed by atoms with E-state index in [1.807, 2.05) is 0 Å². The zero-order valence-corrected chi connectivity index (χ0v) is 10.6. The molecule has 0 saturated heterocycles. The van der Waals surface area contributed by atoms with Gasteiger partial charge in [-0.25, -0.2) is 8.78 Å². The lowest BCUT2D eigenvalue weighted by Crippen LogP contribution is -2.03. The summed E-state index contributed by atoms with van der Waals surface area (Å²) in [4.78, 5) is 0. The number of benzene rings is 1. The van der Waals surface area contributed by atoms with Gasteiger partial charge >= 0.3 is 0 Å². The standard InChI is InChI=1S/C10H9Cl3F2O/c1-2-16-8-4-6(11)5(3-7(8)12)9(13)10(14)15/h3-4,9-10H,2H2,1H3. The Bertz CT molecular complexity index is 371. The summed E-state index contributed by atoms with van der Waals surface area (Å²) in [5.74, 6) is 0.357. The van der Waals surface area contributed by atoms with Crippen LogP contribution in [0.15, 0.2) is 12.1 Å². The van der Waals surface area contributed by atoms with Gasteiger partial charge in [-0.05, 0) is 18.6 Å². The van der Waals surface area contributed by atoms with Gasteiger partial charge in [-0.2, -0.15) is 0 Å². The maximum atomic E-state index is 12.4. The van der Waals surface area contributed by atoms with Crippen LogP contribution in [-0.2, 0) is 0 Å². The molecule has 0 bridgehead atoms. The Labute approximate surface area is 107 Å². The summed E-state index contributed by atoms with van der Waals surface area (Å²) in [6, 6.07) is 2.69. The van der Waals surface area contributed by atoms with E-state index in [1.54, 1.807) is 6.92 Å². The number of alkyl halides is 3. The predicted octanol–water partition coefficient (Wildman–Crippen LogP) is 4.94. The molecular weight excluding hydrogens is 280 g/mol. The highest BCUT2D eigenvalue weighted by Crippen LogP contribution is 2.38. The maximum absolute atomic E-state index is 12.4. The molecular formula is C10H9Cl3F2O. The monoisotopic (exact) mass is 288 g/mol. The van der Waals surface area contributed by atoms with Crippen LogP contribution < -0.4 is 4.74 Å². The summed E-state index contributed by atoms with van der Waals surface area (Å²) >= 11 is 17.2. The number of ether oxygens (including phenoxy) is 1. The van der Waals surface area contributed by atoms with Gasteiger partial charge in [0.05, 0.1) is 11.6 Å². The predicted molar refractivity (Wildman–Crippen MR) is 62.2 cm³/mol. The summed E-state index contributed by atoms with van der Waals surface area (Å²) in [5.41, 5.74) is 0.104. The van der Waals surface area contributed by atoms with Crippen LogP contribution in [-0.4, -0.2) is 13.0 Å². The van der Waals surface area contributed by atoms with Gasteiger partial charge in [-0.15, -0.1) is 11.6 Å². The van der Waals surface area contributed by atoms with Crippen molar-refractivity contribution in [2.45, 2.75) is 18.7 Å². The third kappa shape index (κ3) is 3.12. The molecule has 0 aromatic heterocycles. The molecule has 0 aliphatic heterocycles. The molecule has 0 spiro atoms. The zero-order chi connectivity index (χ0) is 12.3. The molecule has 6 heteroatoms. The van der Waals surface area contributed by atoms with E-state index >= 15 is 0 Å². The molecule has 1 nitrogen and oxygen atoms in total. The first-order valence-corrected chi connectivity index (χ1v) is 5.70. The molecule has 16 heavy (non-hydrogen) atoms. The highest BCUT2D eigenvalue weighted by atomic mass is 35.5. The van der Waals surface area contributed by atoms with Gasteiger partial charge < -0.3 is 4.74 Å². The molecule has 90 valence electrons. The van der Waals surface area contributed by atoms with E-state index in [0.29, 0.717) is 12.4 Å². The lowest BCUT2D eigenvalue weighted by Gasteiger charge is -2.13. The number of halogens is 5. The molecule has 0 amide bonds. The van der Waals surface area contributed by atoms with Crippen LogP contribution in [0.2, 0.25) is 10.0 Å². The van der Waals surface area contributed by atoms with Crippen molar-refractivity contribution in [2.75, 3.05) is 6.61 Å². The summed E-state index contributed by atoms with van der Waals surface area (Å²) in [7, 11) is 0. The average molecular weight is 290 g/mol. The summed E-state index contributed by atoms with van der Waals surface area (Å²) in [6.07, 6.45) is -2.70. The van der Waals surface area contributed by atoms with Crippen molar-refractivity contribution < 1.29 is 13.5 Å². The second-order valence-corrected chi connectivity index (χ2v) is 4.26. The van der Waals surface area contributed by atoms with E-state index in [2.05, 4.69) is 0 Å². The van der Waals surface area contributed by atoms with Crippen molar-refractivity contribution in [1.29, 1.82) is 0 Å². The van der Waals surface area contributed by atoms with E-state index in [4.69, 9.17) is 39.5 Å². The average Bonchev–Trinajstić information content (AvgIpc) is 2.22. The number of rotatable bonds is 4. The van der Waals surface area contributed by atoms with Crippen LogP contribution in [0, 0.1) is 0 Å². The molecule has 0 heterocycles. The lowest BCUT2D eigenvalue weighted by molar-refractivity contribution is 0.143. The Hall–Kier alpha value is -0.250. The van der Waals surface area contributed by atoms with Crippen LogP contribution in [0.5, 0.6) is 5.75 Å². The molecule has 1 unspecified atom stereocenters. The molecule has 0 aliphatic carbocycles. The summed E-state index contributed by atoms with van der Waals surface area (Å²) < 4.78 is 30.0. The van der Waals surface area contributed by atoms with Crippen molar-refractivity contribution in [3.8, 4) is 5.75 Å². The van der Waals surface area contributed by atoms with Gasteiger partial charge in [0, 0.05) is 11.1 Å². The number of hydrogen-bond donors (Lipinski definition) is 0. The molecule has 0 aliphatic rings. The maximum Gasteiger partial charge on any atom is 0.258 e. The second kappa shape index (κ2) is 5.89.